The summed E-state index contributed by atoms with van der Waals surface area (Å²) in [6, 6.07) is 19.8. The molecule has 0 aliphatic heterocycles. The fourth-order valence-corrected chi connectivity index (χ4v) is 3.52. The number of rotatable bonds is 14. The van der Waals surface area contributed by atoms with Crippen LogP contribution in [0.5, 0.6) is 0 Å². The fraction of sp³-hybridized carbons (Fsp3) is 0.571. The summed E-state index contributed by atoms with van der Waals surface area (Å²) in [5.74, 6) is 0. The molecule has 166 valence electrons. The van der Waals surface area contributed by atoms with Crippen LogP contribution < -0.4 is 0 Å². The second-order valence-electron chi connectivity index (χ2n) is 7.78. The Morgan fingerprint density at radius 3 is 1.42 bits per heavy atom. The van der Waals surface area contributed by atoms with Gasteiger partial charge in [0.15, 0.2) is 0 Å². The molecule has 2 aromatic carbocycles. The van der Waals surface area contributed by atoms with Crippen LogP contribution >= 0.6 is 0 Å². The van der Waals surface area contributed by atoms with E-state index in [-0.39, 0.29) is 59.1 Å². The second kappa shape index (κ2) is 25.0. The molecule has 0 radical (unpaired) electrons. The quantitative estimate of drug-likeness (QED) is 0.216. The standard InChI is InChI=1S/C24H34.C4H10O.2Na.2H/c1-2-3-4-5-6-7-8-9-10-12-15-22-18-20-24(21-19-22)23-16-13-11-14-17-23;1-3-5-4-2;;;;/h11,13-14,16-21H,2-10,12,15H2,1H3;3-4H2,1-2H3;;;;. The summed E-state index contributed by atoms with van der Waals surface area (Å²) in [5, 5.41) is 0. The van der Waals surface area contributed by atoms with E-state index in [0.717, 1.165) is 13.2 Å². The fourth-order valence-electron chi connectivity index (χ4n) is 3.52. The molecule has 0 aromatic heterocycles. The summed E-state index contributed by atoms with van der Waals surface area (Å²) < 4.78 is 4.83. The van der Waals surface area contributed by atoms with Gasteiger partial charge in [-0.1, -0.05) is 119 Å². The Morgan fingerprint density at radius 1 is 0.516 bits per heavy atom. The van der Waals surface area contributed by atoms with Crippen molar-refractivity contribution in [2.75, 3.05) is 13.2 Å². The van der Waals surface area contributed by atoms with E-state index >= 15 is 0 Å². The zero-order valence-electron chi connectivity index (χ0n) is 19.3. The van der Waals surface area contributed by atoms with E-state index in [4.69, 9.17) is 4.74 Å². The van der Waals surface area contributed by atoms with E-state index in [2.05, 4.69) is 61.5 Å². The molecule has 0 amide bonds. The van der Waals surface area contributed by atoms with Crippen molar-refractivity contribution in [3.05, 3.63) is 60.2 Å². The van der Waals surface area contributed by atoms with Crippen LogP contribution in [0.3, 0.4) is 0 Å². The Kier molecular flexibility index (Phi) is 27.1. The van der Waals surface area contributed by atoms with E-state index in [1.165, 1.54) is 87.3 Å². The maximum absolute atomic E-state index is 4.83. The molecule has 1 nitrogen and oxygen atoms in total. The summed E-state index contributed by atoms with van der Waals surface area (Å²) in [6.45, 7) is 7.95. The molecule has 0 atom stereocenters. The molecule has 0 fully saturated rings. The molecule has 2 rings (SSSR count). The monoisotopic (exact) mass is 444 g/mol. The first kappa shape index (κ1) is 33.6. The number of benzene rings is 2. The van der Waals surface area contributed by atoms with Crippen molar-refractivity contribution in [2.24, 2.45) is 0 Å². The first-order valence-electron chi connectivity index (χ1n) is 12.0. The number of hydrogen-bond acceptors (Lipinski definition) is 1. The minimum absolute atomic E-state index is 0. The number of hydrogen-bond donors (Lipinski definition) is 0. The summed E-state index contributed by atoms with van der Waals surface area (Å²) in [6.07, 6.45) is 15.3. The maximum atomic E-state index is 4.83. The first-order valence-corrected chi connectivity index (χ1v) is 12.0. The molecule has 0 heterocycles. The van der Waals surface area contributed by atoms with Gasteiger partial charge in [-0.15, -0.1) is 0 Å². The topological polar surface area (TPSA) is 9.23 Å². The van der Waals surface area contributed by atoms with Gasteiger partial charge in [-0.3, -0.25) is 0 Å². The van der Waals surface area contributed by atoms with Crippen LogP contribution in [0.1, 0.15) is 90.5 Å². The van der Waals surface area contributed by atoms with E-state index in [0.29, 0.717) is 0 Å². The van der Waals surface area contributed by atoms with Crippen molar-refractivity contribution in [1.29, 1.82) is 0 Å². The molecule has 0 N–H and O–H groups in total. The van der Waals surface area contributed by atoms with Crippen LogP contribution in [-0.4, -0.2) is 72.3 Å². The molecule has 0 aliphatic carbocycles. The third-order valence-corrected chi connectivity index (χ3v) is 5.29. The number of aryl methyl sites for hydroxylation is 1. The van der Waals surface area contributed by atoms with Crippen LogP contribution in [0.2, 0.25) is 0 Å². The van der Waals surface area contributed by atoms with Gasteiger partial charge in [0.2, 0.25) is 0 Å². The predicted octanol–water partition coefficient (Wildman–Crippen LogP) is 7.56. The molecular weight excluding hydrogens is 398 g/mol. The van der Waals surface area contributed by atoms with E-state index in [9.17, 15) is 0 Å². The van der Waals surface area contributed by atoms with E-state index in [1.54, 1.807) is 0 Å². The van der Waals surface area contributed by atoms with E-state index in [1.807, 2.05) is 13.8 Å². The normalized spacial score (nSPS) is 9.77. The van der Waals surface area contributed by atoms with Gasteiger partial charge < -0.3 is 4.74 Å². The van der Waals surface area contributed by atoms with Crippen LogP contribution in [-0.2, 0) is 11.2 Å². The van der Waals surface area contributed by atoms with Crippen LogP contribution in [0.15, 0.2) is 54.6 Å². The molecule has 3 heteroatoms. The summed E-state index contributed by atoms with van der Waals surface area (Å²) in [4.78, 5) is 0. The van der Waals surface area contributed by atoms with Crippen LogP contribution in [0, 0.1) is 0 Å². The van der Waals surface area contributed by atoms with Gasteiger partial charge in [0.05, 0.1) is 0 Å². The van der Waals surface area contributed by atoms with Crippen molar-refractivity contribution in [3.8, 4) is 11.1 Å². The molecule has 0 bridgehead atoms. The van der Waals surface area contributed by atoms with Crippen molar-refractivity contribution in [1.82, 2.24) is 0 Å². The molecule has 0 aliphatic rings. The first-order chi connectivity index (χ1) is 14.3. The molecule has 2 aromatic rings. The summed E-state index contributed by atoms with van der Waals surface area (Å²) in [7, 11) is 0. The summed E-state index contributed by atoms with van der Waals surface area (Å²) in [5.41, 5.74) is 4.11. The van der Waals surface area contributed by atoms with Crippen LogP contribution in [0.25, 0.3) is 11.1 Å². The SMILES string of the molecule is CCCCCCCCCCCCc1ccc(-c2ccccc2)cc1.CCOCC.[NaH].[NaH]. The van der Waals surface area contributed by atoms with Gasteiger partial charge in [-0.05, 0) is 43.4 Å². The zero-order chi connectivity index (χ0) is 21.0. The van der Waals surface area contributed by atoms with Crippen LogP contribution in [0.4, 0.5) is 0 Å². The number of unbranched alkanes of at least 4 members (excludes halogenated alkanes) is 9. The molecule has 0 spiro atoms. The molecule has 31 heavy (non-hydrogen) atoms. The summed E-state index contributed by atoms with van der Waals surface area (Å²) >= 11 is 0. The van der Waals surface area contributed by atoms with Gasteiger partial charge in [0, 0.05) is 13.2 Å². The Bertz CT molecular complexity index is 582. The van der Waals surface area contributed by atoms with Gasteiger partial charge >= 0.3 is 59.1 Å². The predicted molar refractivity (Wildman–Crippen MR) is 144 cm³/mol. The molecule has 0 saturated heterocycles. The molecule has 0 unspecified atom stereocenters. The Morgan fingerprint density at radius 2 is 0.968 bits per heavy atom. The average Bonchev–Trinajstić information content (AvgIpc) is 2.77. The van der Waals surface area contributed by atoms with Gasteiger partial charge in [0.1, 0.15) is 0 Å². The van der Waals surface area contributed by atoms with Crippen molar-refractivity contribution in [3.63, 3.8) is 0 Å². The van der Waals surface area contributed by atoms with Crippen molar-refractivity contribution >= 4 is 59.1 Å². The third kappa shape index (κ3) is 18.5. The van der Waals surface area contributed by atoms with Gasteiger partial charge in [0.25, 0.3) is 0 Å². The van der Waals surface area contributed by atoms with Gasteiger partial charge in [-0.2, -0.15) is 0 Å². The minimum atomic E-state index is 0. The van der Waals surface area contributed by atoms with Gasteiger partial charge in [-0.25, -0.2) is 0 Å². The Labute approximate surface area is 237 Å². The average molecular weight is 445 g/mol. The number of ether oxygens (including phenoxy) is 1. The Hall–Kier alpha value is 0.400. The molecule has 0 saturated carbocycles. The Balaban J connectivity index is 0. The zero-order valence-corrected chi connectivity index (χ0v) is 19.3. The van der Waals surface area contributed by atoms with E-state index < -0.39 is 0 Å². The second-order valence-corrected chi connectivity index (χ2v) is 7.78. The van der Waals surface area contributed by atoms with Crippen molar-refractivity contribution < 1.29 is 4.74 Å². The van der Waals surface area contributed by atoms with Crippen molar-refractivity contribution in [2.45, 2.75) is 91.4 Å². The third-order valence-electron chi connectivity index (χ3n) is 5.29. The molecular formula is C28H46Na2O.